The van der Waals surface area contributed by atoms with Gasteiger partial charge in [0.15, 0.2) is 0 Å². The smallest absolute Gasteiger partial charge is 0.132 e. The van der Waals surface area contributed by atoms with E-state index in [0.717, 1.165) is 42.0 Å². The van der Waals surface area contributed by atoms with E-state index in [1.165, 1.54) is 24.8 Å². The maximum Gasteiger partial charge on any atom is 0.132 e. The zero-order chi connectivity index (χ0) is 14.7. The van der Waals surface area contributed by atoms with Crippen LogP contribution in [0, 0.1) is 0 Å². The van der Waals surface area contributed by atoms with Gasteiger partial charge in [-0.3, -0.25) is 0 Å². The molecule has 2 heterocycles. The van der Waals surface area contributed by atoms with Crippen LogP contribution in [0.4, 0.5) is 5.82 Å². The Balaban J connectivity index is 2.07. The highest BCUT2D eigenvalue weighted by atomic mass is 16.5. The average Bonchev–Trinajstić information content (AvgIpc) is 2.55. The summed E-state index contributed by atoms with van der Waals surface area (Å²) in [6, 6.07) is 8.30. The topological polar surface area (TPSA) is 51.4 Å². The standard InChI is InChI=1S/C17H23N3O/c1-21-15-6-5-13-11-14(7-8-18)17(19-16(13)12-15)20-9-3-2-4-10-20/h5-6,11-12H,2-4,7-10,18H2,1H3. The third-order valence-electron chi connectivity index (χ3n) is 4.15. The maximum atomic E-state index is 5.78. The van der Waals surface area contributed by atoms with Crippen molar-refractivity contribution >= 4 is 16.7 Å². The molecule has 0 unspecified atom stereocenters. The summed E-state index contributed by atoms with van der Waals surface area (Å²) >= 11 is 0. The number of nitrogens with zero attached hydrogens (tertiary/aromatic N) is 2. The van der Waals surface area contributed by atoms with Crippen LogP contribution in [0.25, 0.3) is 10.9 Å². The van der Waals surface area contributed by atoms with Crippen molar-refractivity contribution < 1.29 is 4.74 Å². The van der Waals surface area contributed by atoms with Gasteiger partial charge in [-0.1, -0.05) is 0 Å². The van der Waals surface area contributed by atoms with Crippen LogP contribution in [-0.2, 0) is 6.42 Å². The second kappa shape index (κ2) is 6.31. The molecular formula is C17H23N3O. The number of ether oxygens (including phenoxy) is 1. The van der Waals surface area contributed by atoms with Crippen molar-refractivity contribution in [1.29, 1.82) is 0 Å². The van der Waals surface area contributed by atoms with Crippen LogP contribution in [0.3, 0.4) is 0 Å². The van der Waals surface area contributed by atoms with E-state index in [1.54, 1.807) is 7.11 Å². The van der Waals surface area contributed by atoms with Crippen molar-refractivity contribution in [3.05, 3.63) is 29.8 Å². The van der Waals surface area contributed by atoms with Gasteiger partial charge in [0.05, 0.1) is 12.6 Å². The first kappa shape index (κ1) is 14.1. The third kappa shape index (κ3) is 2.95. The van der Waals surface area contributed by atoms with Crippen molar-refractivity contribution in [3.63, 3.8) is 0 Å². The molecule has 0 bridgehead atoms. The minimum absolute atomic E-state index is 0.657. The summed E-state index contributed by atoms with van der Waals surface area (Å²) in [6.07, 6.45) is 4.70. The lowest BCUT2D eigenvalue weighted by Gasteiger charge is -2.29. The van der Waals surface area contributed by atoms with Gasteiger partial charge in [0.1, 0.15) is 11.6 Å². The fourth-order valence-corrected chi connectivity index (χ4v) is 3.03. The first-order chi connectivity index (χ1) is 10.3. The average molecular weight is 285 g/mol. The van der Waals surface area contributed by atoms with Gasteiger partial charge in [-0.25, -0.2) is 4.98 Å². The molecule has 1 fully saturated rings. The molecule has 0 amide bonds. The van der Waals surface area contributed by atoms with E-state index in [9.17, 15) is 0 Å². The summed E-state index contributed by atoms with van der Waals surface area (Å²) in [5.41, 5.74) is 8.04. The Kier molecular flexibility index (Phi) is 4.25. The Bertz CT molecular complexity index is 621. The molecule has 1 aromatic heterocycles. The molecule has 0 aliphatic carbocycles. The Labute approximate surface area is 125 Å². The minimum atomic E-state index is 0.657. The first-order valence-electron chi connectivity index (χ1n) is 7.74. The number of pyridine rings is 1. The number of aromatic nitrogens is 1. The molecule has 0 spiro atoms. The highest BCUT2D eigenvalue weighted by Gasteiger charge is 2.16. The molecule has 2 aromatic rings. The van der Waals surface area contributed by atoms with Crippen molar-refractivity contribution in [2.75, 3.05) is 31.6 Å². The van der Waals surface area contributed by atoms with Crippen LogP contribution in [0.1, 0.15) is 24.8 Å². The predicted octanol–water partition coefficient (Wildman–Crippen LogP) is 2.73. The van der Waals surface area contributed by atoms with E-state index >= 15 is 0 Å². The van der Waals surface area contributed by atoms with Gasteiger partial charge >= 0.3 is 0 Å². The van der Waals surface area contributed by atoms with Crippen LogP contribution in [-0.4, -0.2) is 31.7 Å². The molecule has 1 aromatic carbocycles. The van der Waals surface area contributed by atoms with Gasteiger partial charge in [-0.2, -0.15) is 0 Å². The molecule has 4 nitrogen and oxygen atoms in total. The van der Waals surface area contributed by atoms with Gasteiger partial charge in [-0.05, 0) is 56.0 Å². The number of hydrogen-bond acceptors (Lipinski definition) is 4. The van der Waals surface area contributed by atoms with E-state index in [-0.39, 0.29) is 0 Å². The number of nitrogens with two attached hydrogens (primary N) is 1. The monoisotopic (exact) mass is 285 g/mol. The normalized spacial score (nSPS) is 15.4. The van der Waals surface area contributed by atoms with Crippen molar-refractivity contribution in [2.24, 2.45) is 5.73 Å². The quantitative estimate of drug-likeness (QED) is 0.938. The Morgan fingerprint density at radius 3 is 2.71 bits per heavy atom. The summed E-state index contributed by atoms with van der Waals surface area (Å²) in [5, 5.41) is 1.15. The molecule has 1 saturated heterocycles. The van der Waals surface area contributed by atoms with Crippen LogP contribution < -0.4 is 15.4 Å². The van der Waals surface area contributed by atoms with Crippen LogP contribution in [0.5, 0.6) is 5.75 Å². The van der Waals surface area contributed by atoms with E-state index in [0.29, 0.717) is 6.54 Å². The SMILES string of the molecule is COc1ccc2cc(CCN)c(N3CCCCC3)nc2c1. The van der Waals surface area contributed by atoms with Crippen molar-refractivity contribution in [2.45, 2.75) is 25.7 Å². The number of rotatable bonds is 4. The summed E-state index contributed by atoms with van der Waals surface area (Å²) in [4.78, 5) is 7.33. The van der Waals surface area contributed by atoms with Crippen LogP contribution in [0.2, 0.25) is 0 Å². The molecule has 0 saturated carbocycles. The zero-order valence-electron chi connectivity index (χ0n) is 12.6. The van der Waals surface area contributed by atoms with Crippen molar-refractivity contribution in [3.8, 4) is 5.75 Å². The fraction of sp³-hybridized carbons (Fsp3) is 0.471. The number of anilines is 1. The summed E-state index contributed by atoms with van der Waals surface area (Å²) in [7, 11) is 1.69. The number of hydrogen-bond donors (Lipinski definition) is 1. The summed E-state index contributed by atoms with van der Waals surface area (Å²) in [5.74, 6) is 1.96. The lowest BCUT2D eigenvalue weighted by atomic mass is 10.1. The van der Waals surface area contributed by atoms with Crippen molar-refractivity contribution in [1.82, 2.24) is 4.98 Å². The number of piperidine rings is 1. The molecule has 112 valence electrons. The molecular weight excluding hydrogens is 262 g/mol. The van der Waals surface area contributed by atoms with E-state index in [4.69, 9.17) is 15.5 Å². The number of fused-ring (bicyclic) bond motifs is 1. The second-order valence-electron chi connectivity index (χ2n) is 5.62. The molecule has 3 rings (SSSR count). The lowest BCUT2D eigenvalue weighted by Crippen LogP contribution is -2.31. The summed E-state index contributed by atoms with van der Waals surface area (Å²) in [6.45, 7) is 2.85. The highest BCUT2D eigenvalue weighted by molar-refractivity contribution is 5.83. The van der Waals surface area contributed by atoms with Gasteiger partial charge in [-0.15, -0.1) is 0 Å². The third-order valence-corrected chi connectivity index (χ3v) is 4.15. The largest absolute Gasteiger partial charge is 0.497 e. The number of methoxy groups -OCH3 is 1. The zero-order valence-corrected chi connectivity index (χ0v) is 12.6. The predicted molar refractivity (Wildman–Crippen MR) is 87.1 cm³/mol. The molecule has 0 atom stereocenters. The van der Waals surface area contributed by atoms with Gasteiger partial charge < -0.3 is 15.4 Å². The molecule has 21 heavy (non-hydrogen) atoms. The van der Waals surface area contributed by atoms with E-state index < -0.39 is 0 Å². The molecule has 1 aliphatic rings. The van der Waals surface area contributed by atoms with E-state index in [1.807, 2.05) is 12.1 Å². The molecule has 1 aliphatic heterocycles. The Morgan fingerprint density at radius 2 is 2.00 bits per heavy atom. The molecule has 0 radical (unpaired) electrons. The highest BCUT2D eigenvalue weighted by Crippen LogP contribution is 2.28. The van der Waals surface area contributed by atoms with Crippen LogP contribution in [0.15, 0.2) is 24.3 Å². The van der Waals surface area contributed by atoms with Gasteiger partial charge in [0.2, 0.25) is 0 Å². The lowest BCUT2D eigenvalue weighted by molar-refractivity contribution is 0.415. The van der Waals surface area contributed by atoms with Crippen LogP contribution >= 0.6 is 0 Å². The molecule has 2 N–H and O–H groups in total. The van der Waals surface area contributed by atoms with Gasteiger partial charge in [0.25, 0.3) is 0 Å². The first-order valence-corrected chi connectivity index (χ1v) is 7.74. The Morgan fingerprint density at radius 1 is 1.19 bits per heavy atom. The fourth-order valence-electron chi connectivity index (χ4n) is 3.03. The number of benzene rings is 1. The minimum Gasteiger partial charge on any atom is -0.497 e. The van der Waals surface area contributed by atoms with E-state index in [2.05, 4.69) is 17.0 Å². The second-order valence-corrected chi connectivity index (χ2v) is 5.62. The maximum absolute atomic E-state index is 5.78. The Hall–Kier alpha value is -1.81. The molecule has 4 heteroatoms. The summed E-state index contributed by atoms with van der Waals surface area (Å²) < 4.78 is 5.31. The van der Waals surface area contributed by atoms with Gasteiger partial charge in [0, 0.05) is 24.5 Å².